The number of ether oxygens (including phenoxy) is 1. The second-order valence-corrected chi connectivity index (χ2v) is 6.81. The molecule has 1 aliphatic heterocycles. The van der Waals surface area contributed by atoms with Crippen LogP contribution in [0, 0.1) is 13.8 Å². The van der Waals surface area contributed by atoms with Crippen molar-refractivity contribution in [2.45, 2.75) is 39.7 Å². The van der Waals surface area contributed by atoms with E-state index in [1.165, 1.54) is 48.7 Å². The average molecular weight is 324 g/mol. The molecule has 0 aliphatic carbocycles. The fraction of sp³-hybridized carbons (Fsp3) is 0.474. The first kappa shape index (κ1) is 15.4. The zero-order valence-corrected chi connectivity index (χ0v) is 14.6. The maximum atomic E-state index is 5.51. The topological polar surface area (TPSA) is 54.0 Å². The van der Waals surface area contributed by atoms with E-state index in [1.807, 2.05) is 6.07 Å². The van der Waals surface area contributed by atoms with E-state index in [2.05, 4.69) is 35.0 Å². The molecule has 1 N–H and O–H groups in total. The van der Waals surface area contributed by atoms with Gasteiger partial charge in [0.1, 0.15) is 5.75 Å². The van der Waals surface area contributed by atoms with Gasteiger partial charge >= 0.3 is 0 Å². The summed E-state index contributed by atoms with van der Waals surface area (Å²) in [4.78, 5) is 7.37. The van der Waals surface area contributed by atoms with Crippen LogP contribution < -0.4 is 4.74 Å². The molecule has 5 nitrogen and oxygen atoms in total. The molecule has 0 amide bonds. The number of piperidine rings is 1. The smallest absolute Gasteiger partial charge is 0.182 e. The number of aromatic nitrogens is 3. The molecule has 3 heterocycles. The lowest BCUT2D eigenvalue weighted by atomic mass is 10.00. The first-order valence-corrected chi connectivity index (χ1v) is 8.71. The molecule has 0 bridgehead atoms. The minimum Gasteiger partial charge on any atom is -0.497 e. The molecule has 0 unspecified atom stereocenters. The molecule has 1 saturated heterocycles. The number of hydrogen-bond acceptors (Lipinski definition) is 4. The van der Waals surface area contributed by atoms with Gasteiger partial charge in [-0.1, -0.05) is 6.42 Å². The van der Waals surface area contributed by atoms with Gasteiger partial charge in [-0.25, -0.2) is 4.98 Å². The summed E-state index contributed by atoms with van der Waals surface area (Å²) in [6, 6.07) is 4.17. The van der Waals surface area contributed by atoms with Gasteiger partial charge in [0, 0.05) is 23.0 Å². The molecule has 1 fully saturated rings. The second-order valence-electron chi connectivity index (χ2n) is 6.81. The molecule has 5 heteroatoms. The highest BCUT2D eigenvalue weighted by molar-refractivity contribution is 5.99. The lowest BCUT2D eigenvalue weighted by Gasteiger charge is -2.27. The van der Waals surface area contributed by atoms with Gasteiger partial charge in [-0.05, 0) is 63.0 Å². The normalized spacial score (nSPS) is 16.1. The van der Waals surface area contributed by atoms with Crippen LogP contribution in [0.2, 0.25) is 0 Å². The van der Waals surface area contributed by atoms with Crippen LogP contribution >= 0.6 is 0 Å². The Morgan fingerprint density at radius 3 is 2.71 bits per heavy atom. The Bertz CT molecular complexity index is 893. The van der Waals surface area contributed by atoms with Crippen molar-refractivity contribution in [3.05, 3.63) is 29.0 Å². The summed E-state index contributed by atoms with van der Waals surface area (Å²) < 4.78 is 5.51. The average Bonchev–Trinajstić information content (AvgIpc) is 2.97. The van der Waals surface area contributed by atoms with E-state index in [1.54, 1.807) is 7.11 Å². The van der Waals surface area contributed by atoms with Crippen LogP contribution in [0.1, 0.15) is 36.1 Å². The summed E-state index contributed by atoms with van der Waals surface area (Å²) in [5, 5.41) is 9.89. The van der Waals surface area contributed by atoms with E-state index in [0.29, 0.717) is 0 Å². The number of H-pyrrole nitrogens is 1. The number of nitrogens with one attached hydrogen (secondary N) is 1. The predicted molar refractivity (Wildman–Crippen MR) is 96.5 cm³/mol. The van der Waals surface area contributed by atoms with E-state index in [0.717, 1.165) is 34.7 Å². The molecule has 1 aromatic carbocycles. The molecule has 126 valence electrons. The van der Waals surface area contributed by atoms with E-state index in [-0.39, 0.29) is 0 Å². The highest BCUT2D eigenvalue weighted by atomic mass is 16.5. The molecule has 1 aliphatic rings. The van der Waals surface area contributed by atoms with Crippen molar-refractivity contribution in [2.24, 2.45) is 0 Å². The SMILES string of the molecule is COc1cc(C)c2nc3n[nH]c(C)c3c(CN3CCCCC3)c2c1. The van der Waals surface area contributed by atoms with E-state index < -0.39 is 0 Å². The van der Waals surface area contributed by atoms with Crippen molar-refractivity contribution in [2.75, 3.05) is 20.2 Å². The van der Waals surface area contributed by atoms with E-state index in [9.17, 15) is 0 Å². The van der Waals surface area contributed by atoms with Crippen LogP contribution in [-0.4, -0.2) is 40.3 Å². The number of aryl methyl sites for hydroxylation is 2. The number of likely N-dealkylation sites (tertiary alicyclic amines) is 1. The van der Waals surface area contributed by atoms with Gasteiger partial charge in [0.05, 0.1) is 12.6 Å². The predicted octanol–water partition coefficient (Wildman–Crippen LogP) is 3.72. The first-order chi connectivity index (χ1) is 11.7. The number of nitrogens with zero attached hydrogens (tertiary/aromatic N) is 3. The van der Waals surface area contributed by atoms with Gasteiger partial charge in [0.2, 0.25) is 0 Å². The molecule has 3 aromatic rings. The van der Waals surface area contributed by atoms with Gasteiger partial charge in [-0.2, -0.15) is 5.10 Å². The number of pyridine rings is 1. The Labute approximate surface area is 142 Å². The fourth-order valence-electron chi connectivity index (χ4n) is 3.85. The van der Waals surface area contributed by atoms with Crippen molar-refractivity contribution >= 4 is 21.9 Å². The Kier molecular flexibility index (Phi) is 3.88. The van der Waals surface area contributed by atoms with Crippen molar-refractivity contribution in [1.82, 2.24) is 20.1 Å². The van der Waals surface area contributed by atoms with Crippen LogP contribution in [0.3, 0.4) is 0 Å². The lowest BCUT2D eigenvalue weighted by molar-refractivity contribution is 0.222. The molecule has 2 aromatic heterocycles. The van der Waals surface area contributed by atoms with E-state index in [4.69, 9.17) is 9.72 Å². The van der Waals surface area contributed by atoms with Gasteiger partial charge in [0.15, 0.2) is 5.65 Å². The summed E-state index contributed by atoms with van der Waals surface area (Å²) in [6.07, 6.45) is 3.93. The van der Waals surface area contributed by atoms with Crippen LogP contribution in [-0.2, 0) is 6.54 Å². The number of methoxy groups -OCH3 is 1. The summed E-state index contributed by atoms with van der Waals surface area (Å²) >= 11 is 0. The third kappa shape index (κ3) is 2.53. The second kappa shape index (κ2) is 6.06. The third-order valence-corrected chi connectivity index (χ3v) is 5.11. The van der Waals surface area contributed by atoms with Crippen molar-refractivity contribution in [3.8, 4) is 5.75 Å². The van der Waals surface area contributed by atoms with Gasteiger partial charge in [-0.3, -0.25) is 10.00 Å². The van der Waals surface area contributed by atoms with Gasteiger partial charge < -0.3 is 4.74 Å². The van der Waals surface area contributed by atoms with Crippen LogP contribution in [0.25, 0.3) is 21.9 Å². The van der Waals surface area contributed by atoms with Crippen LogP contribution in [0.4, 0.5) is 0 Å². The molecule has 0 saturated carbocycles. The lowest BCUT2D eigenvalue weighted by Crippen LogP contribution is -2.29. The molecule has 24 heavy (non-hydrogen) atoms. The molecular formula is C19H24N4O. The zero-order chi connectivity index (χ0) is 16.7. The maximum Gasteiger partial charge on any atom is 0.182 e. The number of hydrogen-bond donors (Lipinski definition) is 1. The van der Waals surface area contributed by atoms with Crippen LogP contribution in [0.5, 0.6) is 5.75 Å². The highest BCUT2D eigenvalue weighted by Crippen LogP contribution is 2.33. The molecule has 0 spiro atoms. The molecule has 0 atom stereocenters. The summed E-state index contributed by atoms with van der Waals surface area (Å²) in [6.45, 7) is 7.46. The summed E-state index contributed by atoms with van der Waals surface area (Å²) in [7, 11) is 1.72. The quantitative estimate of drug-likeness (QED) is 0.798. The zero-order valence-electron chi connectivity index (χ0n) is 14.6. The van der Waals surface area contributed by atoms with E-state index >= 15 is 0 Å². The maximum absolute atomic E-state index is 5.51. The van der Waals surface area contributed by atoms with Gasteiger partial charge in [0.25, 0.3) is 0 Å². The monoisotopic (exact) mass is 324 g/mol. The standard InChI is InChI=1S/C19H24N4O/c1-12-9-14(24-3)10-15-16(11-23-7-5-4-6-8-23)17-13(2)21-22-19(17)20-18(12)15/h9-10H,4-8,11H2,1-3H3,(H,20,21,22). The molecular weight excluding hydrogens is 300 g/mol. The van der Waals surface area contributed by atoms with Crippen molar-refractivity contribution in [3.63, 3.8) is 0 Å². The fourth-order valence-corrected chi connectivity index (χ4v) is 3.85. The summed E-state index contributed by atoms with van der Waals surface area (Å²) in [5.74, 6) is 0.891. The Morgan fingerprint density at radius 2 is 1.96 bits per heavy atom. The Morgan fingerprint density at radius 1 is 1.17 bits per heavy atom. The van der Waals surface area contributed by atoms with Crippen LogP contribution in [0.15, 0.2) is 12.1 Å². The third-order valence-electron chi connectivity index (χ3n) is 5.11. The number of benzene rings is 1. The van der Waals surface area contributed by atoms with Crippen molar-refractivity contribution < 1.29 is 4.74 Å². The number of fused-ring (bicyclic) bond motifs is 2. The Hall–Kier alpha value is -2.14. The largest absolute Gasteiger partial charge is 0.497 e. The molecule has 4 rings (SSSR count). The number of aromatic amines is 1. The minimum absolute atomic E-state index is 0.820. The van der Waals surface area contributed by atoms with Gasteiger partial charge in [-0.15, -0.1) is 0 Å². The number of rotatable bonds is 3. The Balaban J connectivity index is 1.96. The van der Waals surface area contributed by atoms with Crippen molar-refractivity contribution in [1.29, 1.82) is 0 Å². The summed E-state index contributed by atoms with van der Waals surface area (Å²) in [5.41, 5.74) is 5.39. The highest BCUT2D eigenvalue weighted by Gasteiger charge is 2.19. The first-order valence-electron chi connectivity index (χ1n) is 8.71. The minimum atomic E-state index is 0.820. The molecule has 0 radical (unpaired) electrons.